The highest BCUT2D eigenvalue weighted by atomic mass is 16.5. The van der Waals surface area contributed by atoms with Crippen molar-refractivity contribution in [3.05, 3.63) is 30.0 Å². The normalized spacial score (nSPS) is 13.0. The minimum atomic E-state index is 0.0142. The summed E-state index contributed by atoms with van der Waals surface area (Å²) in [5, 5.41) is 1.11. The van der Waals surface area contributed by atoms with Crippen molar-refractivity contribution in [3.63, 3.8) is 0 Å². The Morgan fingerprint density at radius 1 is 1.47 bits per heavy atom. The molecule has 0 saturated carbocycles. The van der Waals surface area contributed by atoms with Gasteiger partial charge in [-0.05, 0) is 31.5 Å². The van der Waals surface area contributed by atoms with Gasteiger partial charge in [0.2, 0.25) is 0 Å². The lowest BCUT2D eigenvalue weighted by molar-refractivity contribution is 0.344. The molecule has 2 aromatic rings. The summed E-state index contributed by atoms with van der Waals surface area (Å²) in [6.45, 7) is 4.63. The number of aromatic nitrogens is 1. The molecule has 0 bridgehead atoms. The van der Waals surface area contributed by atoms with Crippen molar-refractivity contribution >= 4 is 10.9 Å². The molecule has 1 aromatic carbocycles. The molecule has 0 fully saturated rings. The number of ether oxygens (including phenoxy) is 1. The fourth-order valence-electron chi connectivity index (χ4n) is 1.81. The molecule has 1 atom stereocenters. The molecule has 0 amide bonds. The molecule has 15 heavy (non-hydrogen) atoms. The van der Waals surface area contributed by atoms with Crippen LogP contribution >= 0.6 is 0 Å². The van der Waals surface area contributed by atoms with Gasteiger partial charge in [-0.15, -0.1) is 0 Å². The predicted molar refractivity (Wildman–Crippen MR) is 62.1 cm³/mol. The highest BCUT2D eigenvalue weighted by molar-refractivity contribution is 5.89. The maximum absolute atomic E-state index is 5.91. The second-order valence-corrected chi connectivity index (χ2v) is 3.64. The fourth-order valence-corrected chi connectivity index (χ4v) is 1.81. The molecule has 3 N–H and O–H groups in total. The highest BCUT2D eigenvalue weighted by Crippen LogP contribution is 2.31. The molecule has 0 unspecified atom stereocenters. The molecule has 3 nitrogen and oxygen atoms in total. The smallest absolute Gasteiger partial charge is 0.128 e. The van der Waals surface area contributed by atoms with Crippen molar-refractivity contribution in [1.29, 1.82) is 0 Å². The van der Waals surface area contributed by atoms with E-state index >= 15 is 0 Å². The lowest BCUT2D eigenvalue weighted by Gasteiger charge is -2.08. The molecule has 0 aliphatic rings. The van der Waals surface area contributed by atoms with Crippen LogP contribution < -0.4 is 10.5 Å². The van der Waals surface area contributed by atoms with E-state index in [0.29, 0.717) is 6.61 Å². The number of rotatable bonds is 3. The van der Waals surface area contributed by atoms with Gasteiger partial charge in [-0.3, -0.25) is 0 Å². The average Bonchev–Trinajstić information content (AvgIpc) is 2.62. The first-order valence-corrected chi connectivity index (χ1v) is 5.22. The molecular formula is C12H16N2O. The number of hydrogen-bond acceptors (Lipinski definition) is 2. The molecule has 80 valence electrons. The van der Waals surface area contributed by atoms with Gasteiger partial charge in [-0.1, -0.05) is 6.07 Å². The zero-order chi connectivity index (χ0) is 10.8. The van der Waals surface area contributed by atoms with Crippen LogP contribution in [-0.2, 0) is 0 Å². The number of benzene rings is 1. The first-order valence-electron chi connectivity index (χ1n) is 5.22. The quantitative estimate of drug-likeness (QED) is 0.807. The highest BCUT2D eigenvalue weighted by Gasteiger charge is 2.11. The first kappa shape index (κ1) is 10.1. The van der Waals surface area contributed by atoms with E-state index in [1.165, 1.54) is 0 Å². The van der Waals surface area contributed by atoms with Crippen LogP contribution in [0.15, 0.2) is 24.4 Å². The molecule has 1 aromatic heterocycles. The summed E-state index contributed by atoms with van der Waals surface area (Å²) in [4.78, 5) is 3.21. The average molecular weight is 204 g/mol. The van der Waals surface area contributed by atoms with Crippen molar-refractivity contribution in [3.8, 4) is 5.75 Å². The number of nitrogens with two attached hydrogens (primary N) is 1. The van der Waals surface area contributed by atoms with Gasteiger partial charge < -0.3 is 15.5 Å². The molecule has 0 spiro atoms. The zero-order valence-electron chi connectivity index (χ0n) is 9.08. The second-order valence-electron chi connectivity index (χ2n) is 3.64. The van der Waals surface area contributed by atoms with Crippen LogP contribution in [0.1, 0.15) is 25.5 Å². The van der Waals surface area contributed by atoms with Gasteiger partial charge >= 0.3 is 0 Å². The molecule has 1 heterocycles. The van der Waals surface area contributed by atoms with Crippen molar-refractivity contribution < 1.29 is 4.74 Å². The van der Waals surface area contributed by atoms with Crippen LogP contribution in [0.5, 0.6) is 5.75 Å². The molecular weight excluding hydrogens is 188 g/mol. The fraction of sp³-hybridized carbons (Fsp3) is 0.333. The summed E-state index contributed by atoms with van der Waals surface area (Å²) in [5.74, 6) is 0.906. The van der Waals surface area contributed by atoms with Gasteiger partial charge in [0, 0.05) is 23.1 Å². The SMILES string of the molecule is CCOc1cccc2[nH]cc([C@@H](C)N)c12. The van der Waals surface area contributed by atoms with Crippen molar-refractivity contribution in [2.24, 2.45) is 5.73 Å². The molecule has 0 radical (unpaired) electrons. The van der Waals surface area contributed by atoms with Gasteiger partial charge in [-0.25, -0.2) is 0 Å². The molecule has 0 saturated heterocycles. The Kier molecular flexibility index (Phi) is 2.64. The Balaban J connectivity index is 2.63. The van der Waals surface area contributed by atoms with Crippen LogP contribution in [0.4, 0.5) is 0 Å². The van der Waals surface area contributed by atoms with Crippen LogP contribution in [0.25, 0.3) is 10.9 Å². The van der Waals surface area contributed by atoms with E-state index < -0.39 is 0 Å². The summed E-state index contributed by atoms with van der Waals surface area (Å²) in [6, 6.07) is 6.00. The molecule has 3 heteroatoms. The third kappa shape index (κ3) is 1.70. The van der Waals surface area contributed by atoms with Crippen LogP contribution in [0, 0.1) is 0 Å². The van der Waals surface area contributed by atoms with Crippen LogP contribution in [-0.4, -0.2) is 11.6 Å². The number of hydrogen-bond donors (Lipinski definition) is 2. The van der Waals surface area contributed by atoms with E-state index in [1.54, 1.807) is 0 Å². The minimum absolute atomic E-state index is 0.0142. The Labute approximate surface area is 89.2 Å². The third-order valence-corrected chi connectivity index (χ3v) is 2.49. The maximum atomic E-state index is 5.91. The van der Waals surface area contributed by atoms with E-state index in [-0.39, 0.29) is 6.04 Å². The Morgan fingerprint density at radius 2 is 2.27 bits per heavy atom. The Hall–Kier alpha value is -1.48. The topological polar surface area (TPSA) is 51.0 Å². The number of H-pyrrole nitrogens is 1. The van der Waals surface area contributed by atoms with Gasteiger partial charge in [0.05, 0.1) is 6.61 Å². The molecule has 2 rings (SSSR count). The van der Waals surface area contributed by atoms with Crippen molar-refractivity contribution in [1.82, 2.24) is 4.98 Å². The van der Waals surface area contributed by atoms with E-state index in [2.05, 4.69) is 4.98 Å². The van der Waals surface area contributed by atoms with Gasteiger partial charge in [0.1, 0.15) is 5.75 Å². The third-order valence-electron chi connectivity index (χ3n) is 2.49. The van der Waals surface area contributed by atoms with E-state index in [9.17, 15) is 0 Å². The predicted octanol–water partition coefficient (Wildman–Crippen LogP) is 2.59. The second kappa shape index (κ2) is 3.95. The Bertz CT molecular complexity index is 460. The van der Waals surface area contributed by atoms with Crippen LogP contribution in [0.2, 0.25) is 0 Å². The largest absolute Gasteiger partial charge is 0.493 e. The van der Waals surface area contributed by atoms with E-state index in [4.69, 9.17) is 10.5 Å². The monoisotopic (exact) mass is 204 g/mol. The molecule has 0 aliphatic carbocycles. The maximum Gasteiger partial charge on any atom is 0.128 e. The van der Waals surface area contributed by atoms with Crippen LogP contribution in [0.3, 0.4) is 0 Å². The number of aromatic amines is 1. The lowest BCUT2D eigenvalue weighted by Crippen LogP contribution is -2.04. The van der Waals surface area contributed by atoms with Crippen molar-refractivity contribution in [2.45, 2.75) is 19.9 Å². The summed E-state index contributed by atoms with van der Waals surface area (Å²) < 4.78 is 5.59. The zero-order valence-corrected chi connectivity index (χ0v) is 9.08. The van der Waals surface area contributed by atoms with Gasteiger partial charge in [-0.2, -0.15) is 0 Å². The minimum Gasteiger partial charge on any atom is -0.493 e. The summed E-state index contributed by atoms with van der Waals surface area (Å²) in [6.07, 6.45) is 1.96. The lowest BCUT2D eigenvalue weighted by atomic mass is 10.1. The van der Waals surface area contributed by atoms with E-state index in [1.807, 2.05) is 38.2 Å². The van der Waals surface area contributed by atoms with E-state index in [0.717, 1.165) is 22.2 Å². The standard InChI is InChI=1S/C12H16N2O/c1-3-15-11-6-4-5-10-12(11)9(7-14-10)8(2)13/h4-8,14H,3,13H2,1-2H3/t8-/m1/s1. The summed E-state index contributed by atoms with van der Waals surface area (Å²) >= 11 is 0. The molecule has 0 aliphatic heterocycles. The van der Waals surface area contributed by atoms with Gasteiger partial charge in [0.15, 0.2) is 0 Å². The first-order chi connectivity index (χ1) is 7.24. The summed E-state index contributed by atoms with van der Waals surface area (Å²) in [5.41, 5.74) is 8.10. The van der Waals surface area contributed by atoms with Gasteiger partial charge in [0.25, 0.3) is 0 Å². The summed E-state index contributed by atoms with van der Waals surface area (Å²) in [7, 11) is 0. The van der Waals surface area contributed by atoms with Crippen molar-refractivity contribution in [2.75, 3.05) is 6.61 Å². The Morgan fingerprint density at radius 3 is 2.93 bits per heavy atom. The number of fused-ring (bicyclic) bond motifs is 1. The number of nitrogens with one attached hydrogen (secondary N) is 1.